The molecule has 3 atom stereocenters. The fourth-order valence-corrected chi connectivity index (χ4v) is 3.61. The molecule has 0 radical (unpaired) electrons. The third-order valence-electron chi connectivity index (χ3n) is 3.91. The lowest BCUT2D eigenvalue weighted by Gasteiger charge is -2.26. The van der Waals surface area contributed by atoms with Crippen LogP contribution in [-0.4, -0.2) is 18.8 Å². The summed E-state index contributed by atoms with van der Waals surface area (Å²) >= 11 is 1.88. The van der Waals surface area contributed by atoms with E-state index < -0.39 is 0 Å². The first-order valence-electron chi connectivity index (χ1n) is 6.75. The van der Waals surface area contributed by atoms with E-state index in [1.807, 2.05) is 11.3 Å². The predicted molar refractivity (Wildman–Crippen MR) is 71.4 cm³/mol. The molecule has 1 aromatic rings. The van der Waals surface area contributed by atoms with Crippen LogP contribution in [0.25, 0.3) is 0 Å². The van der Waals surface area contributed by atoms with E-state index in [2.05, 4.69) is 29.8 Å². The lowest BCUT2D eigenvalue weighted by molar-refractivity contribution is 0.0787. The van der Waals surface area contributed by atoms with Crippen molar-refractivity contribution < 1.29 is 4.74 Å². The van der Waals surface area contributed by atoms with Crippen molar-refractivity contribution in [1.29, 1.82) is 0 Å². The van der Waals surface area contributed by atoms with Crippen LogP contribution in [0.5, 0.6) is 0 Å². The topological polar surface area (TPSA) is 21.3 Å². The highest BCUT2D eigenvalue weighted by atomic mass is 32.1. The van der Waals surface area contributed by atoms with Gasteiger partial charge >= 0.3 is 0 Å². The van der Waals surface area contributed by atoms with Crippen molar-refractivity contribution in [3.8, 4) is 0 Å². The van der Waals surface area contributed by atoms with Crippen LogP contribution in [0.1, 0.15) is 43.5 Å². The highest BCUT2D eigenvalue weighted by Crippen LogP contribution is 2.42. The minimum atomic E-state index is 0.427. The molecule has 1 saturated heterocycles. The molecule has 2 heterocycles. The summed E-state index contributed by atoms with van der Waals surface area (Å²) in [6, 6.07) is 5.47. The van der Waals surface area contributed by atoms with Crippen LogP contribution >= 0.6 is 11.3 Å². The molecule has 3 heteroatoms. The average molecular weight is 251 g/mol. The second-order valence-electron chi connectivity index (χ2n) is 5.34. The first kappa shape index (κ1) is 11.7. The van der Waals surface area contributed by atoms with Crippen LogP contribution in [0.4, 0.5) is 0 Å². The average Bonchev–Trinajstić information content (AvgIpc) is 2.87. The predicted octanol–water partition coefficient (Wildman–Crippen LogP) is 3.36. The molecule has 3 rings (SSSR count). The second kappa shape index (κ2) is 5.09. The molecule has 1 aliphatic carbocycles. The Morgan fingerprint density at radius 2 is 2.29 bits per heavy atom. The van der Waals surface area contributed by atoms with Crippen molar-refractivity contribution in [1.82, 2.24) is 5.32 Å². The van der Waals surface area contributed by atoms with E-state index in [1.165, 1.54) is 30.6 Å². The molecule has 1 saturated carbocycles. The summed E-state index contributed by atoms with van der Waals surface area (Å²) in [6.07, 6.45) is 5.64. The summed E-state index contributed by atoms with van der Waals surface area (Å²) in [6.45, 7) is 3.22. The molecule has 2 fully saturated rings. The van der Waals surface area contributed by atoms with Gasteiger partial charge in [-0.1, -0.05) is 6.07 Å². The van der Waals surface area contributed by atoms with Crippen molar-refractivity contribution >= 4 is 11.3 Å². The Hall–Kier alpha value is -0.380. The monoisotopic (exact) mass is 251 g/mol. The highest BCUT2D eigenvalue weighted by molar-refractivity contribution is 7.10. The lowest BCUT2D eigenvalue weighted by Crippen LogP contribution is -2.39. The van der Waals surface area contributed by atoms with E-state index in [0.29, 0.717) is 18.2 Å². The molecule has 0 aromatic carbocycles. The van der Waals surface area contributed by atoms with E-state index in [0.717, 1.165) is 12.5 Å². The number of hydrogen-bond donors (Lipinski definition) is 1. The quantitative estimate of drug-likeness (QED) is 0.866. The van der Waals surface area contributed by atoms with Gasteiger partial charge in [0, 0.05) is 23.6 Å². The van der Waals surface area contributed by atoms with Gasteiger partial charge in [0.2, 0.25) is 0 Å². The van der Waals surface area contributed by atoms with Crippen LogP contribution in [0, 0.1) is 5.92 Å². The number of hydrogen-bond acceptors (Lipinski definition) is 3. The molecule has 1 N–H and O–H groups in total. The number of rotatable bonds is 5. The smallest absolute Gasteiger partial charge is 0.0726 e. The van der Waals surface area contributed by atoms with Gasteiger partial charge < -0.3 is 10.1 Å². The van der Waals surface area contributed by atoms with Gasteiger partial charge in [0.15, 0.2) is 0 Å². The van der Waals surface area contributed by atoms with Crippen LogP contribution < -0.4 is 5.32 Å². The third kappa shape index (κ3) is 2.72. The lowest BCUT2D eigenvalue weighted by atomic mass is 10.1. The maximum atomic E-state index is 5.77. The normalized spacial score (nSPS) is 28.2. The van der Waals surface area contributed by atoms with Crippen molar-refractivity contribution in [3.05, 3.63) is 22.4 Å². The SMILES string of the molecule is CC(NC(c1cccs1)C1CC1)C1CCCO1. The molecule has 3 unspecified atom stereocenters. The van der Waals surface area contributed by atoms with Crippen molar-refractivity contribution in [2.45, 2.75) is 50.8 Å². The Morgan fingerprint density at radius 3 is 2.88 bits per heavy atom. The zero-order valence-corrected chi connectivity index (χ0v) is 11.2. The first-order chi connectivity index (χ1) is 8.34. The molecule has 2 nitrogen and oxygen atoms in total. The fourth-order valence-electron chi connectivity index (χ4n) is 2.74. The Bertz CT molecular complexity index is 341. The van der Waals surface area contributed by atoms with Gasteiger partial charge in [-0.25, -0.2) is 0 Å². The van der Waals surface area contributed by atoms with Crippen LogP contribution in [-0.2, 0) is 4.74 Å². The first-order valence-corrected chi connectivity index (χ1v) is 7.63. The van der Waals surface area contributed by atoms with Gasteiger partial charge in [0.25, 0.3) is 0 Å². The summed E-state index contributed by atoms with van der Waals surface area (Å²) in [5, 5.41) is 5.99. The number of thiophene rings is 1. The Labute approximate surface area is 107 Å². The molecule has 17 heavy (non-hydrogen) atoms. The molecule has 1 aromatic heterocycles. The summed E-state index contributed by atoms with van der Waals surface area (Å²) < 4.78 is 5.77. The fraction of sp³-hybridized carbons (Fsp3) is 0.714. The van der Waals surface area contributed by atoms with Crippen LogP contribution in [0.2, 0.25) is 0 Å². The Morgan fingerprint density at radius 1 is 1.41 bits per heavy atom. The largest absolute Gasteiger partial charge is 0.377 e. The van der Waals surface area contributed by atoms with Gasteiger partial charge in [0.1, 0.15) is 0 Å². The molecule has 0 amide bonds. The third-order valence-corrected chi connectivity index (χ3v) is 4.86. The van der Waals surface area contributed by atoms with E-state index in [-0.39, 0.29) is 0 Å². The molecule has 0 spiro atoms. The Balaban J connectivity index is 1.64. The van der Waals surface area contributed by atoms with Gasteiger partial charge in [0.05, 0.1) is 6.10 Å². The second-order valence-corrected chi connectivity index (χ2v) is 6.32. The summed E-state index contributed by atoms with van der Waals surface area (Å²) in [4.78, 5) is 1.50. The number of nitrogens with one attached hydrogen (secondary N) is 1. The van der Waals surface area contributed by atoms with E-state index >= 15 is 0 Å². The van der Waals surface area contributed by atoms with Gasteiger partial charge in [-0.3, -0.25) is 0 Å². The zero-order valence-electron chi connectivity index (χ0n) is 10.4. The maximum absolute atomic E-state index is 5.77. The molecule has 2 aliphatic rings. The maximum Gasteiger partial charge on any atom is 0.0726 e. The standard InChI is InChI=1S/C14H21NOS/c1-10(12-4-2-8-16-12)15-14(11-6-7-11)13-5-3-9-17-13/h3,5,9-12,14-15H,2,4,6-8H2,1H3. The highest BCUT2D eigenvalue weighted by Gasteiger charge is 2.35. The summed E-state index contributed by atoms with van der Waals surface area (Å²) in [7, 11) is 0. The van der Waals surface area contributed by atoms with E-state index in [4.69, 9.17) is 4.74 Å². The summed E-state index contributed by atoms with van der Waals surface area (Å²) in [5.41, 5.74) is 0. The van der Waals surface area contributed by atoms with Crippen molar-refractivity contribution in [2.75, 3.05) is 6.61 Å². The van der Waals surface area contributed by atoms with Crippen LogP contribution in [0.15, 0.2) is 17.5 Å². The Kier molecular flexibility index (Phi) is 3.50. The molecular formula is C14H21NOS. The zero-order chi connectivity index (χ0) is 11.7. The van der Waals surface area contributed by atoms with Crippen molar-refractivity contribution in [3.63, 3.8) is 0 Å². The summed E-state index contributed by atoms with van der Waals surface area (Å²) in [5.74, 6) is 0.859. The van der Waals surface area contributed by atoms with Gasteiger partial charge in [-0.05, 0) is 50.0 Å². The van der Waals surface area contributed by atoms with E-state index in [1.54, 1.807) is 0 Å². The van der Waals surface area contributed by atoms with Gasteiger partial charge in [-0.15, -0.1) is 11.3 Å². The van der Waals surface area contributed by atoms with Crippen molar-refractivity contribution in [2.24, 2.45) is 5.92 Å². The molecule has 0 bridgehead atoms. The minimum absolute atomic E-state index is 0.427. The minimum Gasteiger partial charge on any atom is -0.377 e. The molecular weight excluding hydrogens is 230 g/mol. The van der Waals surface area contributed by atoms with E-state index in [9.17, 15) is 0 Å². The molecule has 1 aliphatic heterocycles. The van der Waals surface area contributed by atoms with Gasteiger partial charge in [-0.2, -0.15) is 0 Å². The molecule has 94 valence electrons. The number of ether oxygens (including phenoxy) is 1. The van der Waals surface area contributed by atoms with Crippen LogP contribution in [0.3, 0.4) is 0 Å².